The fourth-order valence-corrected chi connectivity index (χ4v) is 3.26. The fraction of sp³-hybridized carbons (Fsp3) is 0.200. The van der Waals surface area contributed by atoms with Gasteiger partial charge in [-0.25, -0.2) is 31.1 Å². The van der Waals surface area contributed by atoms with E-state index >= 15 is 0 Å². The third-order valence-corrected chi connectivity index (χ3v) is 4.64. The first-order valence-corrected chi connectivity index (χ1v) is 10.8. The number of hydrogen-bond acceptors (Lipinski definition) is 4. The van der Waals surface area contributed by atoms with Crippen molar-refractivity contribution in [2.75, 3.05) is 0 Å². The van der Waals surface area contributed by atoms with Crippen LogP contribution in [0.3, 0.4) is 0 Å². The average molecular weight is 384 g/mol. The predicted octanol–water partition coefficient (Wildman–Crippen LogP) is 2.82. The number of benzene rings is 2. The molecule has 2 aromatic carbocycles. The first-order valence-electron chi connectivity index (χ1n) is 7.31. The van der Waals surface area contributed by atoms with Gasteiger partial charge in [0.15, 0.2) is 0 Å². The van der Waals surface area contributed by atoms with Crippen molar-refractivity contribution in [1.82, 2.24) is 0 Å². The topological polar surface area (TPSA) is 157 Å². The van der Waals surface area contributed by atoms with E-state index in [1.807, 2.05) is 38.1 Å². The van der Waals surface area contributed by atoms with E-state index in [1.54, 1.807) is 24.3 Å². The van der Waals surface area contributed by atoms with Crippen molar-refractivity contribution in [2.24, 2.45) is 22.0 Å². The lowest BCUT2D eigenvalue weighted by molar-refractivity contribution is 0.482. The Morgan fingerprint density at radius 3 is 1.20 bits per heavy atom. The van der Waals surface area contributed by atoms with Gasteiger partial charge in [0.05, 0.1) is 0 Å². The van der Waals surface area contributed by atoms with E-state index in [4.69, 9.17) is 31.1 Å². The monoisotopic (exact) mass is 384 g/mol. The van der Waals surface area contributed by atoms with Crippen molar-refractivity contribution in [3.8, 4) is 11.5 Å². The van der Waals surface area contributed by atoms with Crippen LogP contribution in [-0.2, 0) is 14.5 Å². The van der Waals surface area contributed by atoms with E-state index in [0.29, 0.717) is 11.5 Å². The summed E-state index contributed by atoms with van der Waals surface area (Å²) in [7, 11) is -7.16. The molecule has 0 heterocycles. The molecule has 0 aromatic heterocycles. The Kier molecular flexibility index (Phi) is 5.44. The van der Waals surface area contributed by atoms with E-state index in [9.17, 15) is 9.13 Å². The zero-order valence-corrected chi connectivity index (χ0v) is 15.7. The normalized spacial score (nSPS) is 12.7. The average Bonchev–Trinajstić information content (AvgIpc) is 2.45. The predicted molar refractivity (Wildman–Crippen MR) is 98.2 cm³/mol. The standard InChI is InChI=1S/C15H22N4O4P2/c1-15(2,11-3-7-13(8-4-11)22-24(16,17)20)12-5-9-14(10-6-12)23-25(18,19)21/h3-10H,1-2H3,(H4,16,17,20)(H4,18,19,21). The molecule has 25 heavy (non-hydrogen) atoms. The fourth-order valence-electron chi connectivity index (χ4n) is 2.36. The van der Waals surface area contributed by atoms with Gasteiger partial charge in [-0.3, -0.25) is 0 Å². The molecule has 0 aliphatic heterocycles. The Morgan fingerprint density at radius 1 is 0.680 bits per heavy atom. The maximum atomic E-state index is 11.3. The Labute approximate surface area is 146 Å². The molecule has 2 aromatic rings. The molecule has 0 amide bonds. The molecule has 0 bridgehead atoms. The summed E-state index contributed by atoms with van der Waals surface area (Å²) in [5, 5.41) is 0. The first kappa shape index (κ1) is 19.7. The van der Waals surface area contributed by atoms with Crippen LogP contribution in [0.4, 0.5) is 0 Å². The van der Waals surface area contributed by atoms with Crippen LogP contribution in [0.15, 0.2) is 48.5 Å². The lowest BCUT2D eigenvalue weighted by atomic mass is 9.78. The molecule has 136 valence electrons. The molecule has 0 spiro atoms. The van der Waals surface area contributed by atoms with Crippen molar-refractivity contribution in [2.45, 2.75) is 19.3 Å². The van der Waals surface area contributed by atoms with Gasteiger partial charge in [0.2, 0.25) is 0 Å². The van der Waals surface area contributed by atoms with Gasteiger partial charge in [-0.05, 0) is 35.4 Å². The van der Waals surface area contributed by atoms with Crippen LogP contribution in [0.5, 0.6) is 11.5 Å². The minimum atomic E-state index is -3.58. The van der Waals surface area contributed by atoms with E-state index in [1.165, 1.54) is 0 Å². The molecule has 0 fully saturated rings. The summed E-state index contributed by atoms with van der Waals surface area (Å²) in [6, 6.07) is 14.0. The Bertz CT molecular complexity index is 756. The zero-order chi connectivity index (χ0) is 18.9. The smallest absolute Gasteiger partial charge is 0.385 e. The molecule has 8 nitrogen and oxygen atoms in total. The van der Waals surface area contributed by atoms with Crippen LogP contribution in [0, 0.1) is 0 Å². The number of rotatable bonds is 6. The van der Waals surface area contributed by atoms with E-state index < -0.39 is 15.3 Å². The van der Waals surface area contributed by atoms with Crippen LogP contribution in [-0.4, -0.2) is 0 Å². The lowest BCUT2D eigenvalue weighted by Gasteiger charge is -2.26. The first-order chi connectivity index (χ1) is 11.4. The summed E-state index contributed by atoms with van der Waals surface area (Å²) >= 11 is 0. The second kappa shape index (κ2) is 6.92. The Hall–Kier alpha value is -1.66. The van der Waals surface area contributed by atoms with Crippen LogP contribution in [0.1, 0.15) is 25.0 Å². The van der Waals surface area contributed by atoms with Gasteiger partial charge in [-0.1, -0.05) is 38.1 Å². The molecular weight excluding hydrogens is 362 g/mol. The number of nitrogens with two attached hydrogens (primary N) is 4. The molecule has 0 atom stereocenters. The van der Waals surface area contributed by atoms with Gasteiger partial charge in [0.1, 0.15) is 11.5 Å². The molecule has 8 N–H and O–H groups in total. The third kappa shape index (κ3) is 5.68. The van der Waals surface area contributed by atoms with E-state index in [0.717, 1.165) is 11.1 Å². The van der Waals surface area contributed by atoms with Crippen LogP contribution < -0.4 is 31.1 Å². The molecule has 10 heteroatoms. The molecule has 0 unspecified atom stereocenters. The largest absolute Gasteiger partial charge is 0.422 e. The van der Waals surface area contributed by atoms with Crippen molar-refractivity contribution in [1.29, 1.82) is 0 Å². The highest BCUT2D eigenvalue weighted by Crippen LogP contribution is 2.37. The van der Waals surface area contributed by atoms with Gasteiger partial charge in [-0.15, -0.1) is 0 Å². The maximum Gasteiger partial charge on any atom is 0.385 e. The SMILES string of the molecule is CC(C)(c1ccc(OP(N)(N)=O)cc1)c1ccc(OP(N)(N)=O)cc1. The minimum Gasteiger partial charge on any atom is -0.422 e. The van der Waals surface area contributed by atoms with Crippen LogP contribution >= 0.6 is 15.3 Å². The molecular formula is C15H22N4O4P2. The molecule has 0 saturated heterocycles. The molecule has 2 rings (SSSR count). The highest BCUT2D eigenvalue weighted by Gasteiger charge is 2.24. The van der Waals surface area contributed by atoms with Gasteiger partial charge < -0.3 is 9.05 Å². The molecule has 0 saturated carbocycles. The summed E-state index contributed by atoms with van der Waals surface area (Å²) in [6.45, 7) is 4.07. The highest BCUT2D eigenvalue weighted by molar-refractivity contribution is 7.54. The van der Waals surface area contributed by atoms with Gasteiger partial charge in [0.25, 0.3) is 0 Å². The van der Waals surface area contributed by atoms with E-state index in [-0.39, 0.29) is 5.41 Å². The molecule has 0 radical (unpaired) electrons. The van der Waals surface area contributed by atoms with Crippen LogP contribution in [0.2, 0.25) is 0 Å². The number of hydrogen-bond donors (Lipinski definition) is 4. The maximum absolute atomic E-state index is 11.3. The lowest BCUT2D eigenvalue weighted by Crippen LogP contribution is -2.19. The Balaban J connectivity index is 2.23. The second-order valence-electron chi connectivity index (χ2n) is 6.15. The summed E-state index contributed by atoms with van der Waals surface area (Å²) in [6.07, 6.45) is 0. The van der Waals surface area contributed by atoms with Gasteiger partial charge in [0, 0.05) is 5.41 Å². The Morgan fingerprint density at radius 2 is 0.960 bits per heavy atom. The minimum absolute atomic E-state index is 0.332. The summed E-state index contributed by atoms with van der Waals surface area (Å²) in [4.78, 5) is 0. The van der Waals surface area contributed by atoms with Crippen molar-refractivity contribution >= 4 is 15.3 Å². The quantitative estimate of drug-likeness (QED) is 0.554. The van der Waals surface area contributed by atoms with Crippen molar-refractivity contribution in [3.05, 3.63) is 59.7 Å². The van der Waals surface area contributed by atoms with Crippen molar-refractivity contribution < 1.29 is 18.2 Å². The second-order valence-corrected chi connectivity index (χ2v) is 9.09. The van der Waals surface area contributed by atoms with E-state index in [2.05, 4.69) is 0 Å². The summed E-state index contributed by atoms with van der Waals surface area (Å²) in [5.41, 5.74) is 22.4. The summed E-state index contributed by atoms with van der Waals surface area (Å²) in [5.74, 6) is 0.663. The van der Waals surface area contributed by atoms with Crippen LogP contribution in [0.25, 0.3) is 0 Å². The zero-order valence-electron chi connectivity index (χ0n) is 14.0. The van der Waals surface area contributed by atoms with Gasteiger partial charge >= 0.3 is 15.3 Å². The highest BCUT2D eigenvalue weighted by atomic mass is 31.2. The third-order valence-electron chi connectivity index (χ3n) is 3.65. The molecule has 0 aliphatic rings. The van der Waals surface area contributed by atoms with Crippen molar-refractivity contribution in [3.63, 3.8) is 0 Å². The van der Waals surface area contributed by atoms with Gasteiger partial charge in [-0.2, -0.15) is 0 Å². The summed E-state index contributed by atoms with van der Waals surface area (Å²) < 4.78 is 32.6. The molecule has 0 aliphatic carbocycles.